The average molecular weight is 366 g/mol. The van der Waals surface area contributed by atoms with E-state index in [4.69, 9.17) is 0 Å². The minimum Gasteiger partial charge on any atom is -0.366 e. The van der Waals surface area contributed by atoms with Crippen molar-refractivity contribution in [2.75, 3.05) is 28.6 Å². The molecule has 1 amide bonds. The first-order valence-electron chi connectivity index (χ1n) is 9.19. The summed E-state index contributed by atoms with van der Waals surface area (Å²) in [5.74, 6) is -0.430. The summed E-state index contributed by atoms with van der Waals surface area (Å²) in [7, 11) is 0. The van der Waals surface area contributed by atoms with Crippen molar-refractivity contribution in [1.82, 2.24) is 5.32 Å². The van der Waals surface area contributed by atoms with Crippen LogP contribution >= 0.6 is 0 Å². The van der Waals surface area contributed by atoms with Crippen molar-refractivity contribution in [2.45, 2.75) is 25.9 Å². The number of piperazine rings is 1. The van der Waals surface area contributed by atoms with Crippen LogP contribution in [0.5, 0.6) is 0 Å². The molecule has 140 valence electrons. The van der Waals surface area contributed by atoms with Crippen molar-refractivity contribution >= 4 is 28.5 Å². The highest BCUT2D eigenvalue weighted by Crippen LogP contribution is 2.31. The van der Waals surface area contributed by atoms with Gasteiger partial charge in [-0.05, 0) is 38.1 Å². The number of halogens is 1. The summed E-state index contributed by atoms with van der Waals surface area (Å²) in [6.45, 7) is 5.75. The van der Waals surface area contributed by atoms with E-state index in [1.165, 1.54) is 6.07 Å². The Morgan fingerprint density at radius 1 is 1.15 bits per heavy atom. The first kappa shape index (κ1) is 17.5. The predicted octanol–water partition coefficient (Wildman–Crippen LogP) is 3.42. The van der Waals surface area contributed by atoms with Crippen LogP contribution in [0.4, 0.5) is 21.5 Å². The van der Waals surface area contributed by atoms with Gasteiger partial charge in [0, 0.05) is 48.3 Å². The summed E-state index contributed by atoms with van der Waals surface area (Å²) < 4.78 is 14.7. The molecule has 0 spiro atoms. The number of hydrogen-bond donors (Lipinski definition) is 3. The second-order valence-electron chi connectivity index (χ2n) is 7.24. The van der Waals surface area contributed by atoms with Crippen LogP contribution in [0, 0.1) is 5.82 Å². The lowest BCUT2D eigenvalue weighted by molar-refractivity contribution is -0.110. The van der Waals surface area contributed by atoms with Crippen molar-refractivity contribution in [3.05, 3.63) is 60.0 Å². The SMILES string of the molecule is CC1CN(c2ccc(NC=C3C(=O)Nc4ccccc43)cc2F)CC(C)N1. The summed E-state index contributed by atoms with van der Waals surface area (Å²) in [4.78, 5) is 14.2. The monoisotopic (exact) mass is 366 g/mol. The van der Waals surface area contributed by atoms with E-state index in [1.54, 1.807) is 12.3 Å². The van der Waals surface area contributed by atoms with E-state index < -0.39 is 0 Å². The highest BCUT2D eigenvalue weighted by atomic mass is 19.1. The molecule has 3 N–H and O–H groups in total. The van der Waals surface area contributed by atoms with Gasteiger partial charge >= 0.3 is 0 Å². The Morgan fingerprint density at radius 2 is 1.89 bits per heavy atom. The Kier molecular flexibility index (Phi) is 4.58. The molecule has 0 radical (unpaired) electrons. The van der Waals surface area contributed by atoms with Crippen LogP contribution in [0.2, 0.25) is 0 Å². The van der Waals surface area contributed by atoms with Crippen molar-refractivity contribution < 1.29 is 9.18 Å². The number of nitrogens with zero attached hydrogens (tertiary/aromatic N) is 1. The molecule has 4 rings (SSSR count). The molecule has 0 saturated carbocycles. The van der Waals surface area contributed by atoms with Gasteiger partial charge in [0.25, 0.3) is 5.91 Å². The van der Waals surface area contributed by atoms with Gasteiger partial charge in [-0.25, -0.2) is 4.39 Å². The molecule has 1 saturated heterocycles. The lowest BCUT2D eigenvalue weighted by Gasteiger charge is -2.37. The molecular formula is C21H23FN4O. The number of nitrogens with one attached hydrogen (secondary N) is 3. The summed E-state index contributed by atoms with van der Waals surface area (Å²) in [5, 5.41) is 9.33. The van der Waals surface area contributed by atoms with Gasteiger partial charge in [0.1, 0.15) is 5.82 Å². The quantitative estimate of drug-likeness (QED) is 0.729. The molecule has 27 heavy (non-hydrogen) atoms. The first-order chi connectivity index (χ1) is 13.0. The van der Waals surface area contributed by atoms with E-state index >= 15 is 0 Å². The standard InChI is InChI=1S/C21H23FN4O/c1-13-11-26(12-14(2)24-13)20-8-7-15(9-18(20)22)23-10-17-16-5-3-4-6-19(16)25-21(17)27/h3-10,13-14,23-24H,11-12H2,1-2H3,(H,25,27). The molecule has 2 atom stereocenters. The number of hydrogen-bond acceptors (Lipinski definition) is 4. The Bertz CT molecular complexity index is 901. The van der Waals surface area contributed by atoms with E-state index in [-0.39, 0.29) is 11.7 Å². The normalized spacial score (nSPS) is 23.3. The molecule has 2 aliphatic rings. The number of fused-ring (bicyclic) bond motifs is 1. The summed E-state index contributed by atoms with van der Waals surface area (Å²) in [6.07, 6.45) is 1.63. The van der Waals surface area contributed by atoms with Crippen molar-refractivity contribution in [3.63, 3.8) is 0 Å². The van der Waals surface area contributed by atoms with E-state index in [0.29, 0.717) is 29.0 Å². The molecule has 2 heterocycles. The number of carbonyl (C=O) groups excluding carboxylic acids is 1. The smallest absolute Gasteiger partial charge is 0.257 e. The van der Waals surface area contributed by atoms with E-state index in [0.717, 1.165) is 24.3 Å². The molecule has 0 bridgehead atoms. The third-order valence-corrected chi connectivity index (χ3v) is 4.94. The van der Waals surface area contributed by atoms with Gasteiger partial charge in [0.15, 0.2) is 0 Å². The zero-order valence-electron chi connectivity index (χ0n) is 15.4. The number of benzene rings is 2. The molecule has 0 aromatic heterocycles. The molecule has 2 unspecified atom stereocenters. The minimum atomic E-state index is -0.268. The van der Waals surface area contributed by atoms with Gasteiger partial charge in [-0.2, -0.15) is 0 Å². The van der Waals surface area contributed by atoms with Gasteiger partial charge in [0.2, 0.25) is 0 Å². The van der Waals surface area contributed by atoms with Gasteiger partial charge in [0.05, 0.1) is 11.3 Å². The number of rotatable bonds is 3. The largest absolute Gasteiger partial charge is 0.366 e. The maximum absolute atomic E-state index is 14.7. The Balaban J connectivity index is 1.53. The average Bonchev–Trinajstić information content (AvgIpc) is 2.94. The first-order valence-corrected chi connectivity index (χ1v) is 9.19. The highest BCUT2D eigenvalue weighted by Gasteiger charge is 2.24. The van der Waals surface area contributed by atoms with E-state index in [1.807, 2.05) is 30.3 Å². The number of para-hydroxylation sites is 1. The van der Waals surface area contributed by atoms with Gasteiger partial charge in [-0.15, -0.1) is 0 Å². The molecule has 1 fully saturated rings. The third-order valence-electron chi connectivity index (χ3n) is 4.94. The summed E-state index contributed by atoms with van der Waals surface area (Å²) in [6, 6.07) is 13.2. The fraction of sp³-hybridized carbons (Fsp3) is 0.286. The van der Waals surface area contributed by atoms with E-state index in [9.17, 15) is 9.18 Å². The third kappa shape index (κ3) is 3.53. The Hall–Kier alpha value is -2.86. The van der Waals surface area contributed by atoms with E-state index in [2.05, 4.69) is 34.7 Å². The van der Waals surface area contributed by atoms with Crippen molar-refractivity contribution in [2.24, 2.45) is 0 Å². The topological polar surface area (TPSA) is 56.4 Å². The molecular weight excluding hydrogens is 343 g/mol. The lowest BCUT2D eigenvalue weighted by atomic mass is 10.1. The fourth-order valence-corrected chi connectivity index (χ4v) is 3.81. The highest BCUT2D eigenvalue weighted by molar-refractivity contribution is 6.31. The Morgan fingerprint density at radius 3 is 2.63 bits per heavy atom. The predicted molar refractivity (Wildman–Crippen MR) is 107 cm³/mol. The molecule has 2 aliphatic heterocycles. The van der Waals surface area contributed by atoms with Gasteiger partial charge in [-0.1, -0.05) is 18.2 Å². The number of amides is 1. The van der Waals surface area contributed by atoms with Crippen LogP contribution in [-0.4, -0.2) is 31.1 Å². The van der Waals surface area contributed by atoms with Crippen molar-refractivity contribution in [3.8, 4) is 0 Å². The zero-order chi connectivity index (χ0) is 19.0. The van der Waals surface area contributed by atoms with Gasteiger partial charge < -0.3 is 20.9 Å². The minimum absolute atomic E-state index is 0.162. The van der Waals surface area contributed by atoms with Crippen LogP contribution in [0.3, 0.4) is 0 Å². The van der Waals surface area contributed by atoms with Crippen molar-refractivity contribution in [1.29, 1.82) is 0 Å². The number of carbonyl (C=O) groups is 1. The molecule has 0 aliphatic carbocycles. The van der Waals surface area contributed by atoms with Crippen LogP contribution < -0.4 is 20.9 Å². The number of anilines is 3. The molecule has 5 nitrogen and oxygen atoms in total. The maximum atomic E-state index is 14.7. The fourth-order valence-electron chi connectivity index (χ4n) is 3.81. The second kappa shape index (κ2) is 7.04. The Labute approximate surface area is 158 Å². The summed E-state index contributed by atoms with van der Waals surface area (Å²) in [5.41, 5.74) is 3.39. The molecule has 6 heteroatoms. The lowest BCUT2D eigenvalue weighted by Crippen LogP contribution is -2.54. The van der Waals surface area contributed by atoms with Crippen LogP contribution in [-0.2, 0) is 4.79 Å². The zero-order valence-corrected chi connectivity index (χ0v) is 15.4. The maximum Gasteiger partial charge on any atom is 0.257 e. The second-order valence-corrected chi connectivity index (χ2v) is 7.24. The van der Waals surface area contributed by atoms with Crippen LogP contribution in [0.15, 0.2) is 48.7 Å². The molecule has 2 aromatic carbocycles. The summed E-state index contributed by atoms with van der Waals surface area (Å²) >= 11 is 0. The van der Waals surface area contributed by atoms with Crippen LogP contribution in [0.1, 0.15) is 19.4 Å². The van der Waals surface area contributed by atoms with Gasteiger partial charge in [-0.3, -0.25) is 4.79 Å². The molecule has 2 aromatic rings. The van der Waals surface area contributed by atoms with Crippen LogP contribution in [0.25, 0.3) is 5.57 Å².